The van der Waals surface area contributed by atoms with E-state index in [4.69, 9.17) is 9.47 Å². The molecule has 0 aliphatic heterocycles. The average molecular weight is 576 g/mol. The van der Waals surface area contributed by atoms with Crippen molar-refractivity contribution in [1.82, 2.24) is 14.6 Å². The second kappa shape index (κ2) is 13.5. The monoisotopic (exact) mass is 575 g/mol. The van der Waals surface area contributed by atoms with E-state index in [0.29, 0.717) is 35.0 Å². The van der Waals surface area contributed by atoms with Crippen LogP contribution >= 0.6 is 11.3 Å². The van der Waals surface area contributed by atoms with E-state index < -0.39 is 27.8 Å². The molecule has 10 nitrogen and oxygen atoms in total. The minimum Gasteiger partial charge on any atom is -0.496 e. The summed E-state index contributed by atoms with van der Waals surface area (Å²) in [5.41, 5.74) is 2.22. The van der Waals surface area contributed by atoms with Gasteiger partial charge in [0.25, 0.3) is 11.8 Å². The van der Waals surface area contributed by atoms with Crippen molar-refractivity contribution >= 4 is 33.2 Å². The third-order valence-corrected chi connectivity index (χ3v) is 8.09. The summed E-state index contributed by atoms with van der Waals surface area (Å²) in [5, 5.41) is 11.3. The van der Waals surface area contributed by atoms with Crippen LogP contribution in [0.5, 0.6) is 11.5 Å². The van der Waals surface area contributed by atoms with Gasteiger partial charge in [0, 0.05) is 23.1 Å². The highest BCUT2D eigenvalue weighted by Gasteiger charge is 2.23. The molecule has 0 saturated heterocycles. The number of benzene rings is 2. The summed E-state index contributed by atoms with van der Waals surface area (Å²) < 4.78 is 36.8. The van der Waals surface area contributed by atoms with Crippen LogP contribution < -0.4 is 14.2 Å². The highest BCUT2D eigenvalue weighted by molar-refractivity contribution is 7.90. The first kappa shape index (κ1) is 30.1. The van der Waals surface area contributed by atoms with Crippen LogP contribution in [0.15, 0.2) is 47.8 Å². The molecule has 1 unspecified atom stereocenters. The topological polar surface area (TPSA) is 135 Å². The molecular weight excluding hydrogens is 542 g/mol. The van der Waals surface area contributed by atoms with Gasteiger partial charge in [-0.25, -0.2) is 18.1 Å². The summed E-state index contributed by atoms with van der Waals surface area (Å²) in [7, 11) is -0.970. The molecule has 2 amide bonds. The molecule has 39 heavy (non-hydrogen) atoms. The smallest absolute Gasteiger partial charge is 0.284 e. The van der Waals surface area contributed by atoms with Crippen LogP contribution in [0.1, 0.15) is 50.3 Å². The van der Waals surface area contributed by atoms with E-state index in [0.717, 1.165) is 28.9 Å². The van der Waals surface area contributed by atoms with Crippen LogP contribution in [-0.2, 0) is 23.0 Å². The number of thiazole rings is 1. The predicted octanol–water partition coefficient (Wildman–Crippen LogP) is 3.18. The lowest BCUT2D eigenvalue weighted by atomic mass is 10.1. The van der Waals surface area contributed by atoms with Crippen LogP contribution in [0.25, 0.3) is 0 Å². The maximum atomic E-state index is 13.7. The van der Waals surface area contributed by atoms with Gasteiger partial charge in [-0.15, -0.1) is 11.3 Å². The largest absolute Gasteiger partial charge is 0.496 e. The quantitative estimate of drug-likeness (QED) is 0.317. The fourth-order valence-corrected chi connectivity index (χ4v) is 5.86. The molecule has 2 aromatic carbocycles. The number of hydrogen-bond acceptors (Lipinski definition) is 9. The number of nitrogens with one attached hydrogen (secondary N) is 1. The molecule has 0 radical (unpaired) electrons. The van der Waals surface area contributed by atoms with Crippen molar-refractivity contribution in [3.63, 3.8) is 0 Å². The van der Waals surface area contributed by atoms with Gasteiger partial charge in [-0.2, -0.15) is 0 Å². The molecule has 12 heteroatoms. The van der Waals surface area contributed by atoms with E-state index in [2.05, 4.69) is 4.98 Å². The van der Waals surface area contributed by atoms with Gasteiger partial charge in [0.1, 0.15) is 22.2 Å². The molecular formula is C27H33N3O7S2. The summed E-state index contributed by atoms with van der Waals surface area (Å²) in [6, 6.07) is 13.3. The van der Waals surface area contributed by atoms with E-state index in [1.54, 1.807) is 17.0 Å². The molecule has 1 atom stereocenters. The molecule has 0 aliphatic carbocycles. The molecule has 3 rings (SSSR count). The lowest BCUT2D eigenvalue weighted by Gasteiger charge is -2.23. The van der Waals surface area contributed by atoms with Crippen molar-refractivity contribution in [2.45, 2.75) is 39.3 Å². The van der Waals surface area contributed by atoms with Gasteiger partial charge in [-0.3, -0.25) is 9.59 Å². The third kappa shape index (κ3) is 8.50. The molecule has 0 saturated carbocycles. The Morgan fingerprint density at radius 2 is 1.77 bits per heavy atom. The Kier molecular flexibility index (Phi) is 10.4. The summed E-state index contributed by atoms with van der Waals surface area (Å²) in [4.78, 5) is 32.1. The number of ether oxygens (including phenoxy) is 2. The Morgan fingerprint density at radius 1 is 1.13 bits per heavy atom. The standard InChI is InChI=1S/C27H33N3O7S2/c1-18(31)17-39(34,35)29-26(32)22-16-38-25(28-22)15-30(12-8-11-20-9-6-5-7-10-20)27(33)21-13-23(36-3)19(2)24(14-21)37-4/h5-7,9-10,13-14,16,18,31H,8,11-12,15,17H2,1-4H3,(H,29,32). The normalized spacial score (nSPS) is 12.0. The van der Waals surface area contributed by atoms with E-state index in [9.17, 15) is 23.1 Å². The molecule has 3 aromatic rings. The van der Waals surface area contributed by atoms with Crippen molar-refractivity contribution in [3.8, 4) is 11.5 Å². The van der Waals surface area contributed by atoms with Crippen LogP contribution in [0.3, 0.4) is 0 Å². The van der Waals surface area contributed by atoms with Gasteiger partial charge in [-0.1, -0.05) is 30.3 Å². The van der Waals surface area contributed by atoms with E-state index in [1.807, 2.05) is 42.0 Å². The Bertz CT molecular complexity index is 1360. The number of sulfonamides is 1. The molecule has 0 aliphatic rings. The van der Waals surface area contributed by atoms with Gasteiger partial charge in [-0.05, 0) is 44.4 Å². The number of rotatable bonds is 13. The number of aromatic nitrogens is 1. The van der Waals surface area contributed by atoms with Crippen molar-refractivity contribution in [2.75, 3.05) is 26.5 Å². The van der Waals surface area contributed by atoms with E-state index in [1.165, 1.54) is 26.5 Å². The molecule has 2 N–H and O–H groups in total. The lowest BCUT2D eigenvalue weighted by Crippen LogP contribution is -2.36. The molecule has 0 bridgehead atoms. The zero-order valence-corrected chi connectivity index (χ0v) is 24.0. The number of aryl methyl sites for hydroxylation is 1. The zero-order valence-electron chi connectivity index (χ0n) is 22.3. The number of amides is 2. The third-order valence-electron chi connectivity index (χ3n) is 5.84. The second-order valence-electron chi connectivity index (χ2n) is 9.01. The average Bonchev–Trinajstić information content (AvgIpc) is 3.36. The van der Waals surface area contributed by atoms with Gasteiger partial charge < -0.3 is 19.5 Å². The molecule has 210 valence electrons. The summed E-state index contributed by atoms with van der Waals surface area (Å²) in [6.45, 7) is 3.68. The van der Waals surface area contributed by atoms with Crippen LogP contribution in [0.2, 0.25) is 0 Å². The Hall–Kier alpha value is -3.48. The predicted molar refractivity (Wildman–Crippen MR) is 149 cm³/mol. The van der Waals surface area contributed by atoms with E-state index >= 15 is 0 Å². The van der Waals surface area contributed by atoms with Crippen LogP contribution in [-0.4, -0.2) is 67.8 Å². The first-order chi connectivity index (χ1) is 18.5. The zero-order chi connectivity index (χ0) is 28.6. The van der Waals surface area contributed by atoms with Crippen molar-refractivity contribution in [1.29, 1.82) is 0 Å². The van der Waals surface area contributed by atoms with Crippen molar-refractivity contribution in [3.05, 3.63) is 75.2 Å². The highest BCUT2D eigenvalue weighted by atomic mass is 32.2. The molecule has 0 spiro atoms. The fourth-order valence-electron chi connectivity index (χ4n) is 3.97. The van der Waals surface area contributed by atoms with Crippen LogP contribution in [0.4, 0.5) is 0 Å². The number of aliphatic hydroxyl groups is 1. The van der Waals surface area contributed by atoms with Crippen LogP contribution in [0, 0.1) is 6.92 Å². The maximum Gasteiger partial charge on any atom is 0.284 e. The minimum atomic E-state index is -4.02. The van der Waals surface area contributed by atoms with Crippen molar-refractivity contribution in [2.24, 2.45) is 0 Å². The van der Waals surface area contributed by atoms with Gasteiger partial charge in [0.15, 0.2) is 0 Å². The summed E-state index contributed by atoms with van der Waals surface area (Å²) >= 11 is 1.15. The Balaban J connectivity index is 1.82. The van der Waals surface area contributed by atoms with Gasteiger partial charge in [0.05, 0.1) is 32.6 Å². The second-order valence-corrected chi connectivity index (χ2v) is 11.7. The number of carbonyl (C=O) groups excluding carboxylic acids is 2. The number of methoxy groups -OCH3 is 2. The number of nitrogens with zero attached hydrogens (tertiary/aromatic N) is 2. The lowest BCUT2D eigenvalue weighted by molar-refractivity contribution is 0.0740. The molecule has 0 fully saturated rings. The minimum absolute atomic E-state index is 0.0838. The Labute approximate surface area is 232 Å². The number of hydrogen-bond donors (Lipinski definition) is 2. The van der Waals surface area contributed by atoms with Gasteiger partial charge >= 0.3 is 0 Å². The SMILES string of the molecule is COc1cc(C(=O)N(CCCc2ccccc2)Cc2nc(C(=O)NS(=O)(=O)CC(C)O)cs2)cc(OC)c1C. The first-order valence-corrected chi connectivity index (χ1v) is 14.8. The highest BCUT2D eigenvalue weighted by Crippen LogP contribution is 2.30. The number of aliphatic hydroxyl groups excluding tert-OH is 1. The van der Waals surface area contributed by atoms with Gasteiger partial charge in [0.2, 0.25) is 10.0 Å². The first-order valence-electron chi connectivity index (χ1n) is 12.3. The maximum absolute atomic E-state index is 13.7. The van der Waals surface area contributed by atoms with E-state index in [-0.39, 0.29) is 18.1 Å². The van der Waals surface area contributed by atoms with Crippen molar-refractivity contribution < 1.29 is 32.6 Å². The summed E-state index contributed by atoms with van der Waals surface area (Å²) in [6.07, 6.45) is 0.320. The fraction of sp³-hybridized carbons (Fsp3) is 0.370. The summed E-state index contributed by atoms with van der Waals surface area (Å²) in [5.74, 6) is -0.723. The number of carbonyl (C=O) groups is 2. The molecule has 1 aromatic heterocycles. The molecule has 1 heterocycles. The Morgan fingerprint density at radius 3 is 2.36 bits per heavy atom.